The van der Waals surface area contributed by atoms with Gasteiger partial charge < -0.3 is 28.7 Å². The first-order chi connectivity index (χ1) is 15.5. The number of ether oxygens (including phenoxy) is 4. The van der Waals surface area contributed by atoms with E-state index < -0.39 is 5.97 Å². The molecule has 0 fully saturated rings. The van der Waals surface area contributed by atoms with E-state index >= 15 is 0 Å². The largest absolute Gasteiger partial charge is 0.497 e. The van der Waals surface area contributed by atoms with Crippen molar-refractivity contribution in [3.8, 4) is 28.6 Å². The van der Waals surface area contributed by atoms with Crippen LogP contribution in [0.5, 0.6) is 17.2 Å². The average Bonchev–Trinajstić information content (AvgIpc) is 3.31. The second-order valence-corrected chi connectivity index (χ2v) is 6.64. The van der Waals surface area contributed by atoms with Crippen molar-refractivity contribution >= 4 is 17.6 Å². The lowest BCUT2D eigenvalue weighted by atomic mass is 10.1. The topological polar surface area (TPSA) is 109 Å². The summed E-state index contributed by atoms with van der Waals surface area (Å²) in [6, 6.07) is 10.3. The van der Waals surface area contributed by atoms with E-state index in [-0.39, 0.29) is 30.0 Å². The standard InChI is InChI=1S/C23H24N2O7/c1-28-15-7-5-14(6-8-15)20-13-24-22(32-20)10-9-21(26)25-17-12-19(30-3)18(29-2)11-16(17)23(27)31-4/h5-8,11-13H,9-10H2,1-4H3,(H,25,26). The van der Waals surface area contributed by atoms with Crippen molar-refractivity contribution in [3.05, 3.63) is 54.0 Å². The first-order valence-corrected chi connectivity index (χ1v) is 9.72. The van der Waals surface area contributed by atoms with Gasteiger partial charge >= 0.3 is 5.97 Å². The predicted octanol–water partition coefficient (Wildman–Crippen LogP) is 3.73. The monoisotopic (exact) mass is 440 g/mol. The molecule has 2 aromatic carbocycles. The predicted molar refractivity (Wildman–Crippen MR) is 116 cm³/mol. The summed E-state index contributed by atoms with van der Waals surface area (Å²) in [5.74, 6) is 1.53. The number of carbonyl (C=O) groups is 2. The molecule has 3 aromatic rings. The molecule has 1 N–H and O–H groups in total. The summed E-state index contributed by atoms with van der Waals surface area (Å²) in [5.41, 5.74) is 1.25. The van der Waals surface area contributed by atoms with Crippen molar-refractivity contribution in [1.29, 1.82) is 0 Å². The van der Waals surface area contributed by atoms with E-state index in [2.05, 4.69) is 10.3 Å². The summed E-state index contributed by atoms with van der Waals surface area (Å²) in [7, 11) is 5.77. The van der Waals surface area contributed by atoms with Gasteiger partial charge in [-0.1, -0.05) is 0 Å². The van der Waals surface area contributed by atoms with Gasteiger partial charge in [-0.2, -0.15) is 0 Å². The maximum absolute atomic E-state index is 12.5. The second-order valence-electron chi connectivity index (χ2n) is 6.64. The first-order valence-electron chi connectivity index (χ1n) is 9.72. The van der Waals surface area contributed by atoms with Gasteiger partial charge in [-0.25, -0.2) is 9.78 Å². The van der Waals surface area contributed by atoms with Gasteiger partial charge in [0.1, 0.15) is 5.75 Å². The number of aryl methyl sites for hydroxylation is 1. The number of oxazole rings is 1. The highest BCUT2D eigenvalue weighted by Gasteiger charge is 2.19. The number of rotatable bonds is 9. The third-order valence-corrected chi connectivity index (χ3v) is 4.70. The van der Waals surface area contributed by atoms with E-state index in [0.717, 1.165) is 11.3 Å². The molecular formula is C23H24N2O7. The number of carbonyl (C=O) groups excluding carboxylic acids is 2. The van der Waals surface area contributed by atoms with Gasteiger partial charge in [-0.05, 0) is 24.3 Å². The van der Waals surface area contributed by atoms with Gasteiger partial charge in [0, 0.05) is 30.5 Å². The zero-order valence-electron chi connectivity index (χ0n) is 18.3. The van der Waals surface area contributed by atoms with E-state index in [1.165, 1.54) is 33.5 Å². The van der Waals surface area contributed by atoms with Crippen LogP contribution in [0.3, 0.4) is 0 Å². The Morgan fingerprint density at radius 3 is 2.28 bits per heavy atom. The minimum Gasteiger partial charge on any atom is -0.497 e. The highest BCUT2D eigenvalue weighted by molar-refractivity contribution is 6.02. The van der Waals surface area contributed by atoms with Crippen LogP contribution in [0.15, 0.2) is 47.0 Å². The average molecular weight is 440 g/mol. The Labute approximate surface area is 185 Å². The summed E-state index contributed by atoms with van der Waals surface area (Å²) >= 11 is 0. The Kier molecular flexibility index (Phi) is 7.33. The van der Waals surface area contributed by atoms with Crippen molar-refractivity contribution in [2.45, 2.75) is 12.8 Å². The zero-order valence-corrected chi connectivity index (χ0v) is 18.3. The lowest BCUT2D eigenvalue weighted by molar-refractivity contribution is -0.116. The first kappa shape index (κ1) is 22.7. The Hall–Kier alpha value is -4.01. The fourth-order valence-electron chi connectivity index (χ4n) is 3.01. The minimum atomic E-state index is -0.613. The molecule has 0 spiro atoms. The molecule has 168 valence electrons. The third-order valence-electron chi connectivity index (χ3n) is 4.70. The molecule has 9 heteroatoms. The Bertz CT molecular complexity index is 1090. The quantitative estimate of drug-likeness (QED) is 0.502. The van der Waals surface area contributed by atoms with Crippen LogP contribution in [-0.2, 0) is 16.0 Å². The number of methoxy groups -OCH3 is 4. The van der Waals surface area contributed by atoms with Gasteiger partial charge in [-0.3, -0.25) is 4.79 Å². The van der Waals surface area contributed by atoms with Crippen molar-refractivity contribution < 1.29 is 33.0 Å². The Morgan fingerprint density at radius 2 is 1.66 bits per heavy atom. The summed E-state index contributed by atoms with van der Waals surface area (Å²) in [5, 5.41) is 2.71. The van der Waals surface area contributed by atoms with Crippen LogP contribution in [-0.4, -0.2) is 45.3 Å². The van der Waals surface area contributed by atoms with Crippen LogP contribution in [0.25, 0.3) is 11.3 Å². The van der Waals surface area contributed by atoms with Gasteiger partial charge in [0.05, 0.1) is 45.9 Å². The van der Waals surface area contributed by atoms with Crippen molar-refractivity contribution in [1.82, 2.24) is 4.98 Å². The molecule has 0 aliphatic rings. The minimum absolute atomic E-state index is 0.0948. The molecular weight excluding hydrogens is 416 g/mol. The van der Waals surface area contributed by atoms with E-state index in [1.807, 2.05) is 24.3 Å². The van der Waals surface area contributed by atoms with Crippen molar-refractivity contribution in [3.63, 3.8) is 0 Å². The van der Waals surface area contributed by atoms with E-state index in [0.29, 0.717) is 23.1 Å². The number of anilines is 1. The van der Waals surface area contributed by atoms with Gasteiger partial charge in [0.25, 0.3) is 0 Å². The zero-order chi connectivity index (χ0) is 23.1. The fraction of sp³-hybridized carbons (Fsp3) is 0.261. The smallest absolute Gasteiger partial charge is 0.340 e. The summed E-state index contributed by atoms with van der Waals surface area (Å²) in [4.78, 5) is 28.9. The normalized spacial score (nSPS) is 10.4. The highest BCUT2D eigenvalue weighted by Crippen LogP contribution is 2.34. The summed E-state index contributed by atoms with van der Waals surface area (Å²) < 4.78 is 26.2. The molecule has 9 nitrogen and oxygen atoms in total. The molecule has 1 amide bonds. The van der Waals surface area contributed by atoms with E-state index in [9.17, 15) is 9.59 Å². The molecule has 1 aromatic heterocycles. The van der Waals surface area contributed by atoms with Crippen LogP contribution >= 0.6 is 0 Å². The number of amides is 1. The molecule has 0 saturated carbocycles. The van der Waals surface area contributed by atoms with Crippen molar-refractivity contribution in [2.24, 2.45) is 0 Å². The van der Waals surface area contributed by atoms with E-state index in [1.54, 1.807) is 13.3 Å². The Morgan fingerprint density at radius 1 is 0.969 bits per heavy atom. The molecule has 0 bridgehead atoms. The Balaban J connectivity index is 1.68. The lowest BCUT2D eigenvalue weighted by Crippen LogP contribution is -2.16. The number of nitrogens with one attached hydrogen (secondary N) is 1. The highest BCUT2D eigenvalue weighted by atomic mass is 16.5. The fourth-order valence-corrected chi connectivity index (χ4v) is 3.01. The number of nitrogens with zero attached hydrogens (tertiary/aromatic N) is 1. The summed E-state index contributed by atoms with van der Waals surface area (Å²) in [6.07, 6.45) is 1.99. The number of esters is 1. The van der Waals surface area contributed by atoms with Gasteiger partial charge in [0.2, 0.25) is 5.91 Å². The molecule has 0 saturated heterocycles. The molecule has 0 aliphatic carbocycles. The number of aromatic nitrogens is 1. The molecule has 0 atom stereocenters. The third kappa shape index (κ3) is 5.18. The lowest BCUT2D eigenvalue weighted by Gasteiger charge is -2.14. The van der Waals surface area contributed by atoms with Crippen LogP contribution < -0.4 is 19.5 Å². The van der Waals surface area contributed by atoms with Crippen LogP contribution in [0.4, 0.5) is 5.69 Å². The maximum atomic E-state index is 12.5. The number of benzene rings is 2. The van der Waals surface area contributed by atoms with Crippen LogP contribution in [0, 0.1) is 0 Å². The van der Waals surface area contributed by atoms with Crippen LogP contribution in [0.2, 0.25) is 0 Å². The molecule has 0 radical (unpaired) electrons. The SMILES string of the molecule is COC(=O)c1cc(OC)c(OC)cc1NC(=O)CCc1ncc(-c2ccc(OC)cc2)o1. The maximum Gasteiger partial charge on any atom is 0.340 e. The molecule has 3 rings (SSSR count). The number of hydrogen-bond acceptors (Lipinski definition) is 8. The molecule has 0 unspecified atom stereocenters. The van der Waals surface area contributed by atoms with Crippen LogP contribution in [0.1, 0.15) is 22.7 Å². The van der Waals surface area contributed by atoms with Crippen molar-refractivity contribution in [2.75, 3.05) is 33.8 Å². The van der Waals surface area contributed by atoms with Gasteiger partial charge in [-0.15, -0.1) is 0 Å². The second kappa shape index (κ2) is 10.3. The van der Waals surface area contributed by atoms with E-state index in [4.69, 9.17) is 23.4 Å². The molecule has 32 heavy (non-hydrogen) atoms. The molecule has 0 aliphatic heterocycles. The number of hydrogen-bond donors (Lipinski definition) is 1. The van der Waals surface area contributed by atoms with Gasteiger partial charge in [0.15, 0.2) is 23.1 Å². The summed E-state index contributed by atoms with van der Waals surface area (Å²) in [6.45, 7) is 0. The molecule has 1 heterocycles.